The first-order valence-electron chi connectivity index (χ1n) is 10.7. The van der Waals surface area contributed by atoms with Crippen LogP contribution in [-0.2, 0) is 10.4 Å². The van der Waals surface area contributed by atoms with Crippen LogP contribution in [0.15, 0.2) is 42.6 Å². The number of nitrogens with one attached hydrogen (secondary N) is 2. The van der Waals surface area contributed by atoms with E-state index in [4.69, 9.17) is 0 Å². The molecule has 2 aromatic heterocycles. The summed E-state index contributed by atoms with van der Waals surface area (Å²) in [5.74, 6) is 1.05. The maximum atomic E-state index is 12.8. The smallest absolute Gasteiger partial charge is 0.256 e. The Balaban J connectivity index is 1.54. The van der Waals surface area contributed by atoms with Gasteiger partial charge in [0.2, 0.25) is 5.91 Å². The lowest BCUT2D eigenvalue weighted by atomic mass is 9.96. The molecule has 1 aromatic carbocycles. The van der Waals surface area contributed by atoms with Crippen molar-refractivity contribution in [2.45, 2.75) is 32.3 Å². The van der Waals surface area contributed by atoms with Crippen molar-refractivity contribution in [3.05, 3.63) is 53.7 Å². The average molecular weight is 437 g/mol. The molecule has 32 heavy (non-hydrogen) atoms. The molecular formula is C23H28N6O3. The zero-order valence-electron chi connectivity index (χ0n) is 18.5. The maximum absolute atomic E-state index is 12.8. The van der Waals surface area contributed by atoms with Crippen LogP contribution in [0.1, 0.15) is 42.6 Å². The van der Waals surface area contributed by atoms with Crippen molar-refractivity contribution in [1.29, 1.82) is 0 Å². The van der Waals surface area contributed by atoms with Crippen molar-refractivity contribution in [3.8, 4) is 0 Å². The summed E-state index contributed by atoms with van der Waals surface area (Å²) in [7, 11) is 1.66. The minimum Gasteiger partial charge on any atom is -0.386 e. The molecule has 0 spiro atoms. The van der Waals surface area contributed by atoms with Crippen molar-refractivity contribution in [2.24, 2.45) is 5.92 Å². The van der Waals surface area contributed by atoms with Crippen LogP contribution in [0.3, 0.4) is 0 Å². The fraction of sp³-hybridized carbons (Fsp3) is 0.391. The van der Waals surface area contributed by atoms with Gasteiger partial charge >= 0.3 is 0 Å². The molecule has 168 valence electrons. The van der Waals surface area contributed by atoms with E-state index in [9.17, 15) is 14.7 Å². The quantitative estimate of drug-likeness (QED) is 0.565. The number of nitrogens with zero attached hydrogens (tertiary/aromatic N) is 4. The predicted molar refractivity (Wildman–Crippen MR) is 122 cm³/mol. The number of aromatic nitrogens is 3. The third-order valence-electron chi connectivity index (χ3n) is 5.87. The normalized spacial score (nSPS) is 15.1. The van der Waals surface area contributed by atoms with E-state index in [0.717, 1.165) is 24.2 Å². The third-order valence-corrected chi connectivity index (χ3v) is 5.87. The fourth-order valence-electron chi connectivity index (χ4n) is 3.98. The van der Waals surface area contributed by atoms with Gasteiger partial charge in [0.25, 0.3) is 5.91 Å². The van der Waals surface area contributed by atoms with Crippen molar-refractivity contribution >= 4 is 29.1 Å². The summed E-state index contributed by atoms with van der Waals surface area (Å²) < 4.78 is 1.74. The molecule has 0 aliphatic carbocycles. The lowest BCUT2D eigenvalue weighted by molar-refractivity contribution is -0.125. The molecule has 0 atom stereocenters. The van der Waals surface area contributed by atoms with Gasteiger partial charge in [-0.2, -0.15) is 9.61 Å². The number of piperidine rings is 1. The number of hydrogen-bond donors (Lipinski definition) is 3. The molecule has 2 amide bonds. The Morgan fingerprint density at radius 2 is 1.81 bits per heavy atom. The minimum atomic E-state index is -0.968. The standard InChI is InChI=1S/C23H28N6O3/c1-23(2,32)17-6-4-15(5-7-17)22(31)27-18-14-20(29-19(26-18)8-11-25-29)28-12-9-16(10-13-28)21(30)24-3/h4-8,11,14,16,32H,9-10,12-13H2,1-3H3,(H,24,30)(H,26,27,31). The van der Waals surface area contributed by atoms with E-state index >= 15 is 0 Å². The van der Waals surface area contributed by atoms with E-state index in [-0.39, 0.29) is 17.7 Å². The van der Waals surface area contributed by atoms with Gasteiger partial charge in [-0.15, -0.1) is 0 Å². The third kappa shape index (κ3) is 4.43. The monoisotopic (exact) mass is 436 g/mol. The van der Waals surface area contributed by atoms with Crippen molar-refractivity contribution < 1.29 is 14.7 Å². The number of aliphatic hydroxyl groups is 1. The highest BCUT2D eigenvalue weighted by atomic mass is 16.3. The van der Waals surface area contributed by atoms with Crippen molar-refractivity contribution in [2.75, 3.05) is 30.4 Å². The molecule has 3 N–H and O–H groups in total. The number of hydrogen-bond acceptors (Lipinski definition) is 6. The Labute approximate surface area is 186 Å². The Morgan fingerprint density at radius 1 is 1.12 bits per heavy atom. The number of carbonyl (C=O) groups excluding carboxylic acids is 2. The average Bonchev–Trinajstić information content (AvgIpc) is 3.26. The number of benzene rings is 1. The number of anilines is 2. The fourth-order valence-corrected chi connectivity index (χ4v) is 3.98. The zero-order chi connectivity index (χ0) is 22.9. The maximum Gasteiger partial charge on any atom is 0.256 e. The number of fused-ring (bicyclic) bond motifs is 1. The van der Waals surface area contributed by atoms with Crippen molar-refractivity contribution in [1.82, 2.24) is 19.9 Å². The van der Waals surface area contributed by atoms with Crippen LogP contribution >= 0.6 is 0 Å². The molecule has 3 aromatic rings. The van der Waals surface area contributed by atoms with Crippen LogP contribution in [0.25, 0.3) is 5.65 Å². The molecule has 0 bridgehead atoms. The molecule has 1 aliphatic rings. The second kappa shape index (κ2) is 8.58. The summed E-state index contributed by atoms with van der Waals surface area (Å²) in [5, 5.41) is 20.1. The molecule has 0 saturated carbocycles. The Hall–Kier alpha value is -3.46. The first-order valence-corrected chi connectivity index (χ1v) is 10.7. The zero-order valence-corrected chi connectivity index (χ0v) is 18.5. The second-order valence-corrected chi connectivity index (χ2v) is 8.57. The van der Waals surface area contributed by atoms with E-state index in [1.807, 2.05) is 6.07 Å². The van der Waals surface area contributed by atoms with Gasteiger partial charge in [-0.3, -0.25) is 9.59 Å². The minimum absolute atomic E-state index is 0.0113. The molecule has 4 rings (SSSR count). The van der Waals surface area contributed by atoms with Gasteiger partial charge in [-0.05, 0) is 44.4 Å². The van der Waals surface area contributed by atoms with Gasteiger partial charge in [0.1, 0.15) is 11.6 Å². The van der Waals surface area contributed by atoms with E-state index in [0.29, 0.717) is 30.1 Å². The lowest BCUT2D eigenvalue weighted by Gasteiger charge is -2.32. The van der Waals surface area contributed by atoms with Gasteiger partial charge in [-0.25, -0.2) is 4.98 Å². The largest absolute Gasteiger partial charge is 0.386 e. The van der Waals surface area contributed by atoms with Gasteiger partial charge < -0.3 is 20.6 Å². The van der Waals surface area contributed by atoms with Crippen LogP contribution in [0.4, 0.5) is 11.6 Å². The van der Waals surface area contributed by atoms with Gasteiger partial charge in [0.15, 0.2) is 5.65 Å². The van der Waals surface area contributed by atoms with Gasteiger partial charge in [0, 0.05) is 43.8 Å². The highest BCUT2D eigenvalue weighted by molar-refractivity contribution is 6.04. The first-order chi connectivity index (χ1) is 15.3. The van der Waals surface area contributed by atoms with Crippen molar-refractivity contribution in [3.63, 3.8) is 0 Å². The molecule has 0 unspecified atom stereocenters. The molecule has 9 nitrogen and oxygen atoms in total. The number of rotatable bonds is 5. The van der Waals surface area contributed by atoms with E-state index < -0.39 is 5.60 Å². The SMILES string of the molecule is CNC(=O)C1CCN(c2cc(NC(=O)c3ccc(C(C)(C)O)cc3)nc3ccnn23)CC1. The Kier molecular flexibility index (Phi) is 5.84. The Bertz CT molecular complexity index is 1120. The molecule has 1 fully saturated rings. The van der Waals surface area contributed by atoms with Crippen LogP contribution < -0.4 is 15.5 Å². The molecule has 9 heteroatoms. The molecule has 0 radical (unpaired) electrons. The second-order valence-electron chi connectivity index (χ2n) is 8.57. The molecule has 1 aliphatic heterocycles. The Morgan fingerprint density at radius 3 is 2.44 bits per heavy atom. The first kappa shape index (κ1) is 21.8. The number of amides is 2. The summed E-state index contributed by atoms with van der Waals surface area (Å²) >= 11 is 0. The summed E-state index contributed by atoms with van der Waals surface area (Å²) in [5.41, 5.74) is 0.865. The van der Waals surface area contributed by atoms with Crippen LogP contribution in [0, 0.1) is 5.92 Å². The summed E-state index contributed by atoms with van der Waals surface area (Å²) in [6.45, 7) is 4.82. The number of carbonyl (C=O) groups is 2. The molecule has 3 heterocycles. The van der Waals surface area contributed by atoms with Crippen LogP contribution in [0.5, 0.6) is 0 Å². The predicted octanol–water partition coefficient (Wildman–Crippen LogP) is 2.17. The topological polar surface area (TPSA) is 112 Å². The highest BCUT2D eigenvalue weighted by Gasteiger charge is 2.26. The lowest BCUT2D eigenvalue weighted by Crippen LogP contribution is -2.40. The molecular weight excluding hydrogens is 408 g/mol. The van der Waals surface area contributed by atoms with E-state index in [1.54, 1.807) is 61.9 Å². The summed E-state index contributed by atoms with van der Waals surface area (Å²) in [6.07, 6.45) is 3.17. The highest BCUT2D eigenvalue weighted by Crippen LogP contribution is 2.26. The van der Waals surface area contributed by atoms with E-state index in [1.165, 1.54) is 0 Å². The molecule has 1 saturated heterocycles. The summed E-state index contributed by atoms with van der Waals surface area (Å²) in [4.78, 5) is 31.4. The van der Waals surface area contributed by atoms with E-state index in [2.05, 4.69) is 25.6 Å². The van der Waals surface area contributed by atoms with Crippen LogP contribution in [0.2, 0.25) is 0 Å². The van der Waals surface area contributed by atoms with Crippen LogP contribution in [-0.4, -0.2) is 51.7 Å². The van der Waals surface area contributed by atoms with Gasteiger partial charge in [-0.1, -0.05) is 12.1 Å². The summed E-state index contributed by atoms with van der Waals surface area (Å²) in [6, 6.07) is 10.4. The van der Waals surface area contributed by atoms with Gasteiger partial charge in [0.05, 0.1) is 11.8 Å².